The molecule has 4 nitrogen and oxygen atoms in total. The fourth-order valence-corrected chi connectivity index (χ4v) is 4.77. The molecular weight excluding hydrogens is 318 g/mol. The minimum Gasteiger partial charge on any atom is -0.347 e. The first-order valence-corrected chi connectivity index (χ1v) is 9.19. The molecule has 1 N–H and O–H groups in total. The van der Waals surface area contributed by atoms with Crippen molar-refractivity contribution >= 4 is 17.2 Å². The van der Waals surface area contributed by atoms with Gasteiger partial charge in [-0.25, -0.2) is 0 Å². The third kappa shape index (κ3) is 2.83. The Hall–Kier alpha value is -2.16. The smallest absolute Gasteiger partial charge is 0.263 e. The zero-order valence-corrected chi connectivity index (χ0v) is 14.2. The number of piperidine rings is 3. The summed E-state index contributed by atoms with van der Waals surface area (Å²) in [5.41, 5.74) is 1.51. The van der Waals surface area contributed by atoms with Crippen molar-refractivity contribution in [1.29, 1.82) is 5.26 Å². The molecule has 24 heavy (non-hydrogen) atoms. The molecule has 0 radical (unpaired) electrons. The van der Waals surface area contributed by atoms with Gasteiger partial charge in [-0.05, 0) is 43.5 Å². The molecular formula is C19H19N3OS. The molecule has 2 bridgehead atoms. The minimum atomic E-state index is -0.0996. The van der Waals surface area contributed by atoms with Gasteiger partial charge in [0.05, 0.1) is 5.56 Å². The molecule has 3 fully saturated rings. The van der Waals surface area contributed by atoms with Gasteiger partial charge in [0.1, 0.15) is 10.9 Å². The third-order valence-electron chi connectivity index (χ3n) is 5.09. The zero-order chi connectivity index (χ0) is 16.5. The molecule has 0 saturated carbocycles. The molecule has 5 heteroatoms. The monoisotopic (exact) mass is 337 g/mol. The van der Waals surface area contributed by atoms with E-state index in [0.717, 1.165) is 42.9 Å². The summed E-state index contributed by atoms with van der Waals surface area (Å²) >= 11 is 1.41. The van der Waals surface area contributed by atoms with E-state index in [2.05, 4.69) is 16.3 Å². The first-order valence-electron chi connectivity index (χ1n) is 8.37. The number of hydrogen-bond acceptors (Lipinski definition) is 4. The number of carbonyl (C=O) groups is 1. The Labute approximate surface area is 145 Å². The van der Waals surface area contributed by atoms with Crippen molar-refractivity contribution in [3.05, 3.63) is 46.8 Å². The summed E-state index contributed by atoms with van der Waals surface area (Å²) < 4.78 is 0. The molecule has 1 atom stereocenters. The Morgan fingerprint density at radius 2 is 2.00 bits per heavy atom. The number of thiophene rings is 1. The molecule has 0 spiro atoms. The Kier molecular flexibility index (Phi) is 4.09. The van der Waals surface area contributed by atoms with Gasteiger partial charge in [0.2, 0.25) is 0 Å². The van der Waals surface area contributed by atoms with Gasteiger partial charge in [0.25, 0.3) is 5.91 Å². The Morgan fingerprint density at radius 1 is 1.25 bits per heavy atom. The highest BCUT2D eigenvalue weighted by Gasteiger charge is 2.35. The molecule has 122 valence electrons. The van der Waals surface area contributed by atoms with E-state index < -0.39 is 0 Å². The van der Waals surface area contributed by atoms with E-state index in [9.17, 15) is 10.1 Å². The summed E-state index contributed by atoms with van der Waals surface area (Å²) in [6, 6.07) is 14.1. The Bertz CT molecular complexity index is 785. The minimum absolute atomic E-state index is 0.0996. The van der Waals surface area contributed by atoms with E-state index in [-0.39, 0.29) is 11.9 Å². The van der Waals surface area contributed by atoms with E-state index in [1.165, 1.54) is 11.3 Å². The molecule has 3 saturated heterocycles. The summed E-state index contributed by atoms with van der Waals surface area (Å²) in [5.74, 6) is 0.482. The predicted octanol–water partition coefficient (Wildman–Crippen LogP) is 3.11. The number of fused-ring (bicyclic) bond motifs is 3. The van der Waals surface area contributed by atoms with Crippen molar-refractivity contribution < 1.29 is 4.79 Å². The molecule has 1 aromatic heterocycles. The van der Waals surface area contributed by atoms with Gasteiger partial charge in [0, 0.05) is 17.5 Å². The van der Waals surface area contributed by atoms with Crippen LogP contribution in [-0.2, 0) is 0 Å². The lowest BCUT2D eigenvalue weighted by Gasteiger charge is -2.44. The van der Waals surface area contributed by atoms with Crippen LogP contribution in [0.1, 0.15) is 28.1 Å². The van der Waals surface area contributed by atoms with Crippen LogP contribution in [0.2, 0.25) is 0 Å². The van der Waals surface area contributed by atoms with Crippen LogP contribution in [0.4, 0.5) is 0 Å². The standard InChI is InChI=1S/C19H19N3OS/c20-11-15-10-17(14-4-2-1-3-5-14)24-18(15)19(23)21-16-12-22-8-6-13(16)7-9-22/h1-5,10,13,16H,6-9,12H2,(H,21,23). The highest BCUT2D eigenvalue weighted by atomic mass is 32.1. The second-order valence-corrected chi connectivity index (χ2v) is 7.60. The summed E-state index contributed by atoms with van der Waals surface area (Å²) in [6.45, 7) is 3.24. The molecule has 4 heterocycles. The van der Waals surface area contributed by atoms with Gasteiger partial charge >= 0.3 is 0 Å². The van der Waals surface area contributed by atoms with Gasteiger partial charge < -0.3 is 10.2 Å². The van der Waals surface area contributed by atoms with Crippen LogP contribution in [0, 0.1) is 17.2 Å². The molecule has 2 aromatic rings. The maximum atomic E-state index is 12.7. The molecule has 3 aliphatic heterocycles. The number of nitriles is 1. The lowest BCUT2D eigenvalue weighted by atomic mass is 9.84. The van der Waals surface area contributed by atoms with Crippen molar-refractivity contribution in [2.45, 2.75) is 18.9 Å². The molecule has 1 amide bonds. The maximum absolute atomic E-state index is 12.7. The highest BCUT2D eigenvalue weighted by molar-refractivity contribution is 7.17. The van der Waals surface area contributed by atoms with Crippen molar-refractivity contribution in [2.24, 2.45) is 5.92 Å². The van der Waals surface area contributed by atoms with Gasteiger partial charge in [-0.15, -0.1) is 11.3 Å². The van der Waals surface area contributed by atoms with Crippen molar-refractivity contribution in [3.63, 3.8) is 0 Å². The van der Waals surface area contributed by atoms with Crippen LogP contribution >= 0.6 is 11.3 Å². The molecule has 0 aliphatic carbocycles. The maximum Gasteiger partial charge on any atom is 0.263 e. The summed E-state index contributed by atoms with van der Waals surface area (Å²) in [7, 11) is 0. The number of carbonyl (C=O) groups excluding carboxylic acids is 1. The SMILES string of the molecule is N#Cc1cc(-c2ccccc2)sc1C(=O)NC1CN2CCC1CC2. The van der Waals surface area contributed by atoms with Crippen molar-refractivity contribution in [1.82, 2.24) is 10.2 Å². The van der Waals surface area contributed by atoms with Gasteiger partial charge in [-0.2, -0.15) is 5.26 Å². The van der Waals surface area contributed by atoms with Crippen molar-refractivity contribution in [3.8, 4) is 16.5 Å². The molecule has 3 aliphatic rings. The van der Waals surface area contributed by atoms with Gasteiger partial charge in [0.15, 0.2) is 0 Å². The average molecular weight is 337 g/mol. The van der Waals surface area contributed by atoms with Crippen LogP contribution in [-0.4, -0.2) is 36.5 Å². The second kappa shape index (κ2) is 6.39. The Morgan fingerprint density at radius 3 is 2.62 bits per heavy atom. The number of rotatable bonds is 3. The first-order chi connectivity index (χ1) is 11.7. The lowest BCUT2D eigenvalue weighted by Crippen LogP contribution is -2.57. The summed E-state index contributed by atoms with van der Waals surface area (Å²) in [6.07, 6.45) is 2.32. The summed E-state index contributed by atoms with van der Waals surface area (Å²) in [4.78, 5) is 16.7. The van der Waals surface area contributed by atoms with E-state index in [4.69, 9.17) is 0 Å². The van der Waals surface area contributed by atoms with Crippen LogP contribution < -0.4 is 5.32 Å². The second-order valence-electron chi connectivity index (χ2n) is 6.55. The fraction of sp³-hybridized carbons (Fsp3) is 0.368. The number of nitrogens with zero attached hydrogens (tertiary/aromatic N) is 2. The van der Waals surface area contributed by atoms with Crippen LogP contribution in [0.3, 0.4) is 0 Å². The Balaban J connectivity index is 1.56. The van der Waals surface area contributed by atoms with E-state index in [1.807, 2.05) is 36.4 Å². The first kappa shape index (κ1) is 15.4. The predicted molar refractivity (Wildman–Crippen MR) is 94.9 cm³/mol. The number of nitrogens with one attached hydrogen (secondary N) is 1. The molecule has 1 unspecified atom stereocenters. The lowest BCUT2D eigenvalue weighted by molar-refractivity contribution is 0.0622. The molecule has 1 aromatic carbocycles. The third-order valence-corrected chi connectivity index (χ3v) is 6.27. The van der Waals surface area contributed by atoms with E-state index >= 15 is 0 Å². The number of amides is 1. The fourth-order valence-electron chi connectivity index (χ4n) is 3.75. The van der Waals surface area contributed by atoms with Crippen LogP contribution in [0.25, 0.3) is 10.4 Å². The highest BCUT2D eigenvalue weighted by Crippen LogP contribution is 2.32. The zero-order valence-electron chi connectivity index (χ0n) is 13.4. The van der Waals surface area contributed by atoms with Crippen molar-refractivity contribution in [2.75, 3.05) is 19.6 Å². The quantitative estimate of drug-likeness (QED) is 0.936. The summed E-state index contributed by atoms with van der Waals surface area (Å²) in [5, 5.41) is 12.6. The van der Waals surface area contributed by atoms with E-state index in [0.29, 0.717) is 16.4 Å². The van der Waals surface area contributed by atoms with Crippen LogP contribution in [0.15, 0.2) is 36.4 Å². The normalized spacial score (nSPS) is 25.2. The number of benzene rings is 1. The molecule has 5 rings (SSSR count). The number of hydrogen-bond donors (Lipinski definition) is 1. The average Bonchev–Trinajstić information content (AvgIpc) is 3.08. The largest absolute Gasteiger partial charge is 0.347 e. The van der Waals surface area contributed by atoms with Gasteiger partial charge in [-0.3, -0.25) is 4.79 Å². The van der Waals surface area contributed by atoms with E-state index in [1.54, 1.807) is 0 Å². The van der Waals surface area contributed by atoms with Crippen LogP contribution in [0.5, 0.6) is 0 Å². The van der Waals surface area contributed by atoms with Gasteiger partial charge in [-0.1, -0.05) is 30.3 Å². The topological polar surface area (TPSA) is 56.1 Å².